The van der Waals surface area contributed by atoms with Gasteiger partial charge in [0.05, 0.1) is 0 Å². The number of urea groups is 1. The molecule has 0 aromatic heterocycles. The molecule has 2 amide bonds. The van der Waals surface area contributed by atoms with Crippen LogP contribution in [0.15, 0.2) is 24.3 Å². The fraction of sp³-hybridized carbons (Fsp3) is 0.562. The molecule has 0 atom stereocenters. The van der Waals surface area contributed by atoms with E-state index in [1.165, 1.54) is 31.4 Å². The number of halogens is 1. The van der Waals surface area contributed by atoms with Crippen LogP contribution in [0.25, 0.3) is 0 Å². The van der Waals surface area contributed by atoms with Crippen molar-refractivity contribution < 1.29 is 9.18 Å². The Kier molecular flexibility index (Phi) is 5.84. The smallest absolute Gasteiger partial charge is 0.315 e. The Morgan fingerprint density at radius 1 is 1.15 bits per heavy atom. The Morgan fingerprint density at radius 3 is 2.55 bits per heavy atom. The Morgan fingerprint density at radius 2 is 1.85 bits per heavy atom. The lowest BCUT2D eigenvalue weighted by atomic mass is 9.96. The highest BCUT2D eigenvalue weighted by Crippen LogP contribution is 2.17. The molecule has 110 valence electrons. The fourth-order valence-electron chi connectivity index (χ4n) is 2.63. The van der Waals surface area contributed by atoms with E-state index in [2.05, 4.69) is 10.6 Å². The average Bonchev–Trinajstić information content (AvgIpc) is 2.46. The third-order valence-corrected chi connectivity index (χ3v) is 3.78. The van der Waals surface area contributed by atoms with E-state index in [1.54, 1.807) is 12.1 Å². The molecule has 0 spiro atoms. The van der Waals surface area contributed by atoms with E-state index in [1.807, 2.05) is 0 Å². The van der Waals surface area contributed by atoms with Crippen molar-refractivity contribution in [1.29, 1.82) is 0 Å². The van der Waals surface area contributed by atoms with Crippen LogP contribution in [0.1, 0.15) is 44.1 Å². The van der Waals surface area contributed by atoms with Gasteiger partial charge in [0.25, 0.3) is 0 Å². The summed E-state index contributed by atoms with van der Waals surface area (Å²) in [7, 11) is 0. The second-order valence-electron chi connectivity index (χ2n) is 5.47. The predicted molar refractivity (Wildman–Crippen MR) is 78.1 cm³/mol. The molecule has 20 heavy (non-hydrogen) atoms. The number of carbonyl (C=O) groups excluding carboxylic acids is 1. The first-order chi connectivity index (χ1) is 9.74. The van der Waals surface area contributed by atoms with Crippen LogP contribution in [0.3, 0.4) is 0 Å². The Labute approximate surface area is 120 Å². The molecule has 2 N–H and O–H groups in total. The molecule has 1 aromatic carbocycles. The minimum Gasteiger partial charge on any atom is -0.338 e. The van der Waals surface area contributed by atoms with Crippen LogP contribution >= 0.6 is 0 Å². The van der Waals surface area contributed by atoms with Gasteiger partial charge in [-0.2, -0.15) is 0 Å². The van der Waals surface area contributed by atoms with Crippen molar-refractivity contribution in [2.75, 3.05) is 6.54 Å². The first-order valence-corrected chi connectivity index (χ1v) is 7.53. The molecule has 1 aliphatic carbocycles. The van der Waals surface area contributed by atoms with Crippen molar-refractivity contribution in [1.82, 2.24) is 10.6 Å². The Hall–Kier alpha value is -1.58. The zero-order valence-electron chi connectivity index (χ0n) is 11.8. The summed E-state index contributed by atoms with van der Waals surface area (Å²) in [6.45, 7) is 0.649. The van der Waals surface area contributed by atoms with Crippen LogP contribution in [0.2, 0.25) is 0 Å². The van der Waals surface area contributed by atoms with Crippen molar-refractivity contribution >= 4 is 6.03 Å². The zero-order valence-corrected chi connectivity index (χ0v) is 11.8. The molecular formula is C16H23FN2O. The van der Waals surface area contributed by atoms with Crippen LogP contribution in [-0.2, 0) is 6.42 Å². The second-order valence-corrected chi connectivity index (χ2v) is 5.47. The average molecular weight is 278 g/mol. The summed E-state index contributed by atoms with van der Waals surface area (Å²) in [5, 5.41) is 5.91. The molecule has 0 radical (unpaired) electrons. The molecule has 0 unspecified atom stereocenters. The van der Waals surface area contributed by atoms with Gasteiger partial charge < -0.3 is 10.6 Å². The number of hydrogen-bond acceptors (Lipinski definition) is 1. The van der Waals surface area contributed by atoms with Gasteiger partial charge in [0, 0.05) is 12.6 Å². The minimum absolute atomic E-state index is 0.0593. The fourth-order valence-corrected chi connectivity index (χ4v) is 2.63. The van der Waals surface area contributed by atoms with Gasteiger partial charge >= 0.3 is 6.03 Å². The van der Waals surface area contributed by atoms with Crippen molar-refractivity contribution in [3.63, 3.8) is 0 Å². The maximum Gasteiger partial charge on any atom is 0.315 e. The maximum atomic E-state index is 12.7. The molecule has 1 aliphatic rings. The number of rotatable bonds is 5. The largest absolute Gasteiger partial charge is 0.338 e. The first kappa shape index (κ1) is 14.8. The van der Waals surface area contributed by atoms with Gasteiger partial charge in [0.15, 0.2) is 0 Å². The van der Waals surface area contributed by atoms with Crippen LogP contribution < -0.4 is 10.6 Å². The van der Waals surface area contributed by atoms with E-state index in [9.17, 15) is 9.18 Å². The van der Waals surface area contributed by atoms with E-state index in [4.69, 9.17) is 0 Å². The van der Waals surface area contributed by atoms with Crippen LogP contribution in [0.5, 0.6) is 0 Å². The SMILES string of the molecule is O=C(NCCCc1ccc(F)cc1)NC1CCCCC1. The standard InChI is InChI=1S/C16H23FN2O/c17-14-10-8-13(9-11-14)5-4-12-18-16(20)19-15-6-2-1-3-7-15/h8-11,15H,1-7,12H2,(H2,18,19,20). The zero-order chi connectivity index (χ0) is 14.2. The molecule has 3 nitrogen and oxygen atoms in total. The van der Waals surface area contributed by atoms with Crippen LogP contribution in [-0.4, -0.2) is 18.6 Å². The van der Waals surface area contributed by atoms with Crippen LogP contribution in [0.4, 0.5) is 9.18 Å². The minimum atomic E-state index is -0.210. The van der Waals surface area contributed by atoms with Crippen molar-refractivity contribution in [2.45, 2.75) is 51.0 Å². The van der Waals surface area contributed by atoms with Crippen molar-refractivity contribution in [3.05, 3.63) is 35.6 Å². The molecular weight excluding hydrogens is 255 g/mol. The van der Waals surface area contributed by atoms with Crippen molar-refractivity contribution in [2.24, 2.45) is 0 Å². The van der Waals surface area contributed by atoms with Gasteiger partial charge in [-0.1, -0.05) is 31.4 Å². The summed E-state index contributed by atoms with van der Waals surface area (Å²) in [5.41, 5.74) is 1.10. The monoisotopic (exact) mass is 278 g/mol. The summed E-state index contributed by atoms with van der Waals surface area (Å²) < 4.78 is 12.7. The molecule has 1 aromatic rings. The van der Waals surface area contributed by atoms with Crippen molar-refractivity contribution in [3.8, 4) is 0 Å². The molecule has 2 rings (SSSR count). The normalized spacial score (nSPS) is 15.8. The molecule has 0 saturated heterocycles. The van der Waals surface area contributed by atoms with Gasteiger partial charge in [-0.25, -0.2) is 9.18 Å². The maximum absolute atomic E-state index is 12.7. The van der Waals surface area contributed by atoms with E-state index < -0.39 is 0 Å². The number of amides is 2. The lowest BCUT2D eigenvalue weighted by Crippen LogP contribution is -2.43. The quantitative estimate of drug-likeness (QED) is 0.796. The number of hydrogen-bond donors (Lipinski definition) is 2. The van der Waals surface area contributed by atoms with Gasteiger partial charge in [-0.05, 0) is 43.4 Å². The number of carbonyl (C=O) groups is 1. The highest BCUT2D eigenvalue weighted by atomic mass is 19.1. The summed E-state index contributed by atoms with van der Waals surface area (Å²) >= 11 is 0. The van der Waals surface area contributed by atoms with Gasteiger partial charge in [0.1, 0.15) is 5.82 Å². The molecule has 0 heterocycles. The summed E-state index contributed by atoms with van der Waals surface area (Å²) in [5.74, 6) is -0.210. The van der Waals surface area contributed by atoms with Gasteiger partial charge in [-0.3, -0.25) is 0 Å². The van der Waals surface area contributed by atoms with E-state index in [0.29, 0.717) is 12.6 Å². The number of aryl methyl sites for hydroxylation is 1. The van der Waals surface area contributed by atoms with Gasteiger partial charge in [-0.15, -0.1) is 0 Å². The van der Waals surface area contributed by atoms with E-state index in [-0.39, 0.29) is 11.8 Å². The van der Waals surface area contributed by atoms with Gasteiger partial charge in [0.2, 0.25) is 0 Å². The highest BCUT2D eigenvalue weighted by molar-refractivity contribution is 5.74. The molecule has 4 heteroatoms. The first-order valence-electron chi connectivity index (χ1n) is 7.53. The lowest BCUT2D eigenvalue weighted by molar-refractivity contribution is 0.232. The molecule has 1 saturated carbocycles. The van der Waals surface area contributed by atoms with Crippen LogP contribution in [0, 0.1) is 5.82 Å². The van der Waals surface area contributed by atoms with E-state index in [0.717, 1.165) is 31.2 Å². The third kappa shape index (κ3) is 5.19. The molecule has 0 bridgehead atoms. The third-order valence-electron chi connectivity index (χ3n) is 3.78. The number of benzene rings is 1. The predicted octanol–water partition coefficient (Wildman–Crippen LogP) is 3.39. The van der Waals surface area contributed by atoms with E-state index >= 15 is 0 Å². The Bertz CT molecular complexity index is 413. The number of nitrogens with one attached hydrogen (secondary N) is 2. The molecule has 0 aliphatic heterocycles. The summed E-state index contributed by atoms with van der Waals surface area (Å²) in [6.07, 6.45) is 7.64. The highest BCUT2D eigenvalue weighted by Gasteiger charge is 2.14. The summed E-state index contributed by atoms with van der Waals surface area (Å²) in [6, 6.07) is 6.81. The lowest BCUT2D eigenvalue weighted by Gasteiger charge is -2.22. The topological polar surface area (TPSA) is 41.1 Å². The second kappa shape index (κ2) is 7.88. The molecule has 1 fully saturated rings. The Balaban J connectivity index is 1.58. The summed E-state index contributed by atoms with van der Waals surface area (Å²) in [4.78, 5) is 11.7.